The van der Waals surface area contributed by atoms with E-state index in [4.69, 9.17) is 9.72 Å². The number of aromatic nitrogens is 5. The van der Waals surface area contributed by atoms with Crippen LogP contribution in [0.25, 0.3) is 22.6 Å². The summed E-state index contributed by atoms with van der Waals surface area (Å²) in [6.07, 6.45) is 4.92. The first kappa shape index (κ1) is 22.3. The van der Waals surface area contributed by atoms with Gasteiger partial charge in [0.25, 0.3) is 0 Å². The van der Waals surface area contributed by atoms with Crippen molar-refractivity contribution in [3.8, 4) is 29.1 Å². The van der Waals surface area contributed by atoms with Gasteiger partial charge >= 0.3 is 0 Å². The van der Waals surface area contributed by atoms with Crippen molar-refractivity contribution >= 4 is 20.9 Å². The topological polar surface area (TPSA) is 127 Å². The van der Waals surface area contributed by atoms with Gasteiger partial charge in [-0.15, -0.1) is 0 Å². The first-order chi connectivity index (χ1) is 17.0. The average molecular weight is 485 g/mol. The second-order valence-corrected chi connectivity index (χ2v) is 9.97. The normalized spacial score (nSPS) is 11.4. The monoisotopic (exact) mass is 484 g/mol. The Morgan fingerprint density at radius 3 is 2.69 bits per heavy atom. The predicted molar refractivity (Wildman–Crippen MR) is 130 cm³/mol. The molecule has 1 N–H and O–H groups in total. The first-order valence-corrected chi connectivity index (χ1v) is 12.5. The van der Waals surface area contributed by atoms with E-state index in [-0.39, 0.29) is 10.8 Å². The number of pyridine rings is 2. The van der Waals surface area contributed by atoms with Gasteiger partial charge in [-0.25, -0.2) is 18.4 Å². The Labute approximate surface area is 201 Å². The number of benzene rings is 1. The maximum atomic E-state index is 12.0. The molecule has 1 aromatic carbocycles. The van der Waals surface area contributed by atoms with Crippen LogP contribution in [0.1, 0.15) is 18.2 Å². The fraction of sp³-hybridized carbons (Fsp3) is 0.120. The second-order valence-electron chi connectivity index (χ2n) is 7.75. The molecule has 4 heterocycles. The minimum atomic E-state index is -3.40. The van der Waals surface area contributed by atoms with Crippen LogP contribution in [0.2, 0.25) is 0 Å². The van der Waals surface area contributed by atoms with Gasteiger partial charge in [-0.1, -0.05) is 13.0 Å². The number of H-pyrrole nitrogens is 1. The molecule has 0 spiro atoms. The third-order valence-corrected chi connectivity index (χ3v) is 7.11. The number of hydrogen-bond acceptors (Lipinski definition) is 7. The number of aromatic amines is 1. The lowest BCUT2D eigenvalue weighted by atomic mass is 10.1. The van der Waals surface area contributed by atoms with Crippen molar-refractivity contribution < 1.29 is 13.2 Å². The molecule has 0 saturated carbocycles. The van der Waals surface area contributed by atoms with Gasteiger partial charge in [-0.3, -0.25) is 4.98 Å². The molecule has 0 atom stereocenters. The number of hydrogen-bond donors (Lipinski definition) is 1. The zero-order valence-corrected chi connectivity index (χ0v) is 19.5. The summed E-state index contributed by atoms with van der Waals surface area (Å²) in [6.45, 7) is 1.98. The van der Waals surface area contributed by atoms with Crippen molar-refractivity contribution in [1.82, 2.24) is 24.5 Å². The van der Waals surface area contributed by atoms with E-state index in [0.717, 1.165) is 16.6 Å². The first-order valence-electron chi connectivity index (χ1n) is 10.8. The van der Waals surface area contributed by atoms with Crippen LogP contribution in [0.5, 0.6) is 11.5 Å². The molecule has 0 saturated heterocycles. The third kappa shape index (κ3) is 4.49. The molecule has 5 aromatic rings. The van der Waals surface area contributed by atoms with Crippen LogP contribution in [-0.2, 0) is 16.4 Å². The molecule has 4 aromatic heterocycles. The minimum Gasteiger partial charge on any atom is -0.456 e. The summed E-state index contributed by atoms with van der Waals surface area (Å²) >= 11 is 0. The Morgan fingerprint density at radius 2 is 1.97 bits per heavy atom. The molecule has 5 rings (SSSR count). The lowest BCUT2D eigenvalue weighted by Gasteiger charge is -2.10. The highest BCUT2D eigenvalue weighted by Crippen LogP contribution is 2.30. The molecule has 0 aliphatic carbocycles. The molecule has 0 bridgehead atoms. The van der Waals surface area contributed by atoms with Crippen LogP contribution in [0.15, 0.2) is 78.2 Å². The summed E-state index contributed by atoms with van der Waals surface area (Å²) in [5.41, 5.74) is 3.54. The smallest absolute Gasteiger partial charge is 0.195 e. The number of ether oxygens (including phenoxy) is 1. The van der Waals surface area contributed by atoms with Gasteiger partial charge in [0.2, 0.25) is 0 Å². The highest BCUT2D eigenvalue weighted by atomic mass is 32.2. The summed E-state index contributed by atoms with van der Waals surface area (Å²) in [6, 6.07) is 18.0. The summed E-state index contributed by atoms with van der Waals surface area (Å²) in [4.78, 5) is 16.5. The van der Waals surface area contributed by atoms with E-state index >= 15 is 0 Å². The molecular formula is C25H20N6O3S. The number of nitrogens with zero attached hydrogens (tertiary/aromatic N) is 5. The quantitative estimate of drug-likeness (QED) is 0.364. The van der Waals surface area contributed by atoms with Crippen LogP contribution in [0, 0.1) is 11.3 Å². The minimum absolute atomic E-state index is 0.00806. The molecule has 0 unspecified atom stereocenters. The number of nitriles is 1. The fourth-order valence-corrected chi connectivity index (χ4v) is 4.48. The van der Waals surface area contributed by atoms with Gasteiger partial charge in [0.15, 0.2) is 20.7 Å². The van der Waals surface area contributed by atoms with Crippen molar-refractivity contribution in [2.45, 2.75) is 18.5 Å². The fourth-order valence-electron chi connectivity index (χ4n) is 3.70. The summed E-state index contributed by atoms with van der Waals surface area (Å²) in [7, 11) is -3.40. The molecule has 0 amide bonds. The van der Waals surface area contributed by atoms with E-state index in [0.29, 0.717) is 35.3 Å². The largest absolute Gasteiger partial charge is 0.456 e. The predicted octanol–water partition coefficient (Wildman–Crippen LogP) is 4.33. The van der Waals surface area contributed by atoms with Crippen LogP contribution < -0.4 is 4.74 Å². The van der Waals surface area contributed by atoms with Gasteiger partial charge in [0.1, 0.15) is 29.0 Å². The Kier molecular flexibility index (Phi) is 5.76. The molecule has 35 heavy (non-hydrogen) atoms. The van der Waals surface area contributed by atoms with Crippen molar-refractivity contribution in [3.05, 3.63) is 84.4 Å². The van der Waals surface area contributed by atoms with Gasteiger partial charge in [-0.05, 0) is 42.5 Å². The van der Waals surface area contributed by atoms with Crippen molar-refractivity contribution in [2.24, 2.45) is 0 Å². The summed E-state index contributed by atoms with van der Waals surface area (Å²) < 4.78 is 31.9. The summed E-state index contributed by atoms with van der Waals surface area (Å²) in [5, 5.41) is 9.43. The number of nitrogens with one attached hydrogen (secondary N) is 1. The SMILES string of the molecule is CCS(=O)(=O)c1ccc(Oc2cc(Cn3cccc3C#N)c3nc(-c4ccccn4)[nH]c3c2)cn1. The third-order valence-electron chi connectivity index (χ3n) is 5.47. The van der Waals surface area contributed by atoms with Crippen molar-refractivity contribution in [2.75, 3.05) is 5.75 Å². The van der Waals surface area contributed by atoms with E-state index in [9.17, 15) is 13.7 Å². The number of fused-ring (bicyclic) bond motifs is 1. The highest BCUT2D eigenvalue weighted by molar-refractivity contribution is 7.91. The molecule has 0 fully saturated rings. The van der Waals surface area contributed by atoms with E-state index < -0.39 is 9.84 Å². The van der Waals surface area contributed by atoms with Crippen LogP contribution >= 0.6 is 0 Å². The molecule has 0 aliphatic heterocycles. The Bertz CT molecular complexity index is 1650. The van der Waals surface area contributed by atoms with Gasteiger partial charge in [0, 0.05) is 24.0 Å². The van der Waals surface area contributed by atoms with Crippen LogP contribution in [-0.4, -0.2) is 38.7 Å². The summed E-state index contributed by atoms with van der Waals surface area (Å²) in [5.74, 6) is 1.50. The van der Waals surface area contributed by atoms with E-state index in [1.807, 2.05) is 47.2 Å². The molecule has 10 heteroatoms. The average Bonchev–Trinajstić information content (AvgIpc) is 3.52. The van der Waals surface area contributed by atoms with Gasteiger partial charge in [0.05, 0.1) is 29.5 Å². The maximum Gasteiger partial charge on any atom is 0.195 e. The van der Waals surface area contributed by atoms with E-state index in [2.05, 4.69) is 21.0 Å². The van der Waals surface area contributed by atoms with Crippen molar-refractivity contribution in [3.63, 3.8) is 0 Å². The zero-order chi connectivity index (χ0) is 24.4. The lowest BCUT2D eigenvalue weighted by Crippen LogP contribution is -2.05. The van der Waals surface area contributed by atoms with Crippen LogP contribution in [0.4, 0.5) is 0 Å². The molecular weight excluding hydrogens is 464 g/mol. The van der Waals surface area contributed by atoms with Gasteiger partial charge in [-0.2, -0.15) is 5.26 Å². The highest BCUT2D eigenvalue weighted by Gasteiger charge is 2.16. The molecule has 9 nitrogen and oxygen atoms in total. The van der Waals surface area contributed by atoms with Crippen LogP contribution in [0.3, 0.4) is 0 Å². The van der Waals surface area contributed by atoms with E-state index in [1.54, 1.807) is 25.3 Å². The standard InChI is InChI=1S/C25H20N6O3S/c1-2-35(32,33)23-9-8-19(15-28-23)34-20-12-17(16-31-11-5-6-18(31)14-26)24-22(13-20)29-25(30-24)21-7-3-4-10-27-21/h3-13,15H,2,16H2,1H3,(H,29,30). The number of sulfone groups is 1. The number of imidazole rings is 1. The van der Waals surface area contributed by atoms with Gasteiger partial charge < -0.3 is 14.3 Å². The van der Waals surface area contributed by atoms with E-state index in [1.165, 1.54) is 12.3 Å². The zero-order valence-electron chi connectivity index (χ0n) is 18.7. The number of rotatable bonds is 7. The second kappa shape index (κ2) is 9.04. The Morgan fingerprint density at radius 1 is 1.09 bits per heavy atom. The maximum absolute atomic E-state index is 12.0. The molecule has 0 aliphatic rings. The molecule has 174 valence electrons. The van der Waals surface area contributed by atoms with Crippen molar-refractivity contribution in [1.29, 1.82) is 5.26 Å². The Hall–Kier alpha value is -4.49. The Balaban J connectivity index is 1.55. The molecule has 0 radical (unpaired) electrons. The lowest BCUT2D eigenvalue weighted by molar-refractivity contribution is 0.478.